The van der Waals surface area contributed by atoms with Gasteiger partial charge in [0, 0.05) is 0 Å². The van der Waals surface area contributed by atoms with E-state index < -0.39 is 0 Å². The summed E-state index contributed by atoms with van der Waals surface area (Å²) in [6.07, 6.45) is 0. The molecule has 6 heteroatoms. The number of nitrogens with zero attached hydrogens (tertiary/aromatic N) is 3. The molecule has 0 bridgehead atoms. The lowest BCUT2D eigenvalue weighted by Crippen LogP contribution is -2.35. The molecule has 98 valence electrons. The van der Waals surface area contributed by atoms with Crippen LogP contribution in [0.5, 0.6) is 0 Å². The van der Waals surface area contributed by atoms with Gasteiger partial charge in [0.05, 0.1) is 17.1 Å². The average molecular weight is 265 g/mol. The van der Waals surface area contributed by atoms with Gasteiger partial charge in [-0.1, -0.05) is 12.1 Å². The van der Waals surface area contributed by atoms with Gasteiger partial charge >= 0.3 is 0 Å². The number of rotatable bonds is 1. The molecule has 0 atom stereocenters. The first kappa shape index (κ1) is 12.0. The SMILES string of the molecule is N#Cc1nc(N2CC(=O)Nc3ccccc32)ccc1N. The number of nitriles is 1. The molecule has 0 saturated carbocycles. The summed E-state index contributed by atoms with van der Waals surface area (Å²) in [5, 5.41) is 11.8. The molecule has 2 aromatic rings. The number of nitrogens with one attached hydrogen (secondary N) is 1. The van der Waals surface area contributed by atoms with Crippen molar-refractivity contribution < 1.29 is 4.79 Å². The van der Waals surface area contributed by atoms with Crippen LogP contribution >= 0.6 is 0 Å². The Balaban J connectivity index is 2.11. The molecule has 1 aliphatic rings. The standard InChI is InChI=1S/C14H11N5O/c15-7-11-9(16)5-6-13(17-11)19-8-14(20)18-10-3-1-2-4-12(10)19/h1-6H,8,16H2,(H,18,20). The molecule has 3 rings (SSSR count). The van der Waals surface area contributed by atoms with E-state index in [2.05, 4.69) is 10.3 Å². The number of amides is 1. The topological polar surface area (TPSA) is 95.0 Å². The maximum absolute atomic E-state index is 11.8. The molecule has 0 saturated heterocycles. The Morgan fingerprint density at radius 1 is 1.30 bits per heavy atom. The molecule has 3 N–H and O–H groups in total. The summed E-state index contributed by atoms with van der Waals surface area (Å²) in [4.78, 5) is 17.7. The van der Waals surface area contributed by atoms with Gasteiger partial charge in [-0.3, -0.25) is 4.79 Å². The van der Waals surface area contributed by atoms with Crippen molar-refractivity contribution in [3.05, 3.63) is 42.1 Å². The highest BCUT2D eigenvalue weighted by Crippen LogP contribution is 2.34. The summed E-state index contributed by atoms with van der Waals surface area (Å²) in [5.74, 6) is 0.402. The Hall–Kier alpha value is -3.07. The van der Waals surface area contributed by atoms with Crippen LogP contribution in [0.2, 0.25) is 0 Å². The summed E-state index contributed by atoms with van der Waals surface area (Å²) in [6, 6.07) is 12.7. The zero-order chi connectivity index (χ0) is 14.1. The van der Waals surface area contributed by atoms with E-state index in [-0.39, 0.29) is 18.1 Å². The molecule has 0 radical (unpaired) electrons. The van der Waals surface area contributed by atoms with Crippen LogP contribution in [0.15, 0.2) is 36.4 Å². The number of carbonyl (C=O) groups excluding carboxylic acids is 1. The Bertz CT molecular complexity index is 735. The zero-order valence-electron chi connectivity index (χ0n) is 10.5. The van der Waals surface area contributed by atoms with Gasteiger partial charge in [-0.2, -0.15) is 5.26 Å². The molecule has 6 nitrogen and oxygen atoms in total. The number of para-hydroxylation sites is 2. The average Bonchev–Trinajstić information content (AvgIpc) is 2.47. The van der Waals surface area contributed by atoms with Gasteiger partial charge in [-0.25, -0.2) is 4.98 Å². The van der Waals surface area contributed by atoms with Gasteiger partial charge in [0.25, 0.3) is 0 Å². The van der Waals surface area contributed by atoms with Crippen LogP contribution in [0.25, 0.3) is 0 Å². The van der Waals surface area contributed by atoms with Crippen molar-refractivity contribution in [1.82, 2.24) is 4.98 Å². The molecule has 1 aliphatic heterocycles. The fourth-order valence-corrected chi connectivity index (χ4v) is 2.14. The number of nitrogens with two attached hydrogens (primary N) is 1. The molecule has 0 aliphatic carbocycles. The summed E-state index contributed by atoms with van der Waals surface area (Å²) in [5.41, 5.74) is 7.72. The Kier molecular flexibility index (Phi) is 2.73. The first-order valence-electron chi connectivity index (χ1n) is 6.02. The summed E-state index contributed by atoms with van der Waals surface area (Å²) in [7, 11) is 0. The van der Waals surface area contributed by atoms with Crippen molar-refractivity contribution in [1.29, 1.82) is 5.26 Å². The van der Waals surface area contributed by atoms with Crippen LogP contribution in [0.3, 0.4) is 0 Å². The van der Waals surface area contributed by atoms with Crippen molar-refractivity contribution in [2.75, 3.05) is 22.5 Å². The van der Waals surface area contributed by atoms with E-state index in [9.17, 15) is 4.79 Å². The number of hydrogen-bond donors (Lipinski definition) is 2. The van der Waals surface area contributed by atoms with Crippen molar-refractivity contribution in [3.63, 3.8) is 0 Å². The molecular weight excluding hydrogens is 254 g/mol. The first-order chi connectivity index (χ1) is 9.69. The second kappa shape index (κ2) is 4.55. The summed E-state index contributed by atoms with van der Waals surface area (Å²) in [6.45, 7) is 0.152. The van der Waals surface area contributed by atoms with Crippen molar-refractivity contribution in [2.45, 2.75) is 0 Å². The molecule has 0 unspecified atom stereocenters. The lowest BCUT2D eigenvalue weighted by atomic mass is 10.2. The third-order valence-electron chi connectivity index (χ3n) is 3.06. The number of benzene rings is 1. The number of aromatic nitrogens is 1. The van der Waals surface area contributed by atoms with Crippen molar-refractivity contribution in [2.24, 2.45) is 0 Å². The van der Waals surface area contributed by atoms with Gasteiger partial charge in [0.15, 0.2) is 5.69 Å². The molecule has 2 heterocycles. The van der Waals surface area contributed by atoms with Crippen LogP contribution in [0.4, 0.5) is 22.9 Å². The van der Waals surface area contributed by atoms with Gasteiger partial charge in [-0.15, -0.1) is 0 Å². The van der Waals surface area contributed by atoms with Gasteiger partial charge in [0.2, 0.25) is 5.91 Å². The van der Waals surface area contributed by atoms with E-state index in [1.807, 2.05) is 30.3 Å². The highest BCUT2D eigenvalue weighted by Gasteiger charge is 2.23. The van der Waals surface area contributed by atoms with Gasteiger partial charge in [-0.05, 0) is 24.3 Å². The zero-order valence-corrected chi connectivity index (χ0v) is 10.5. The first-order valence-corrected chi connectivity index (χ1v) is 6.02. The molecule has 0 fully saturated rings. The molecule has 1 aromatic carbocycles. The largest absolute Gasteiger partial charge is 0.396 e. The minimum atomic E-state index is -0.124. The molecule has 1 amide bonds. The van der Waals surface area contributed by atoms with E-state index in [0.29, 0.717) is 11.5 Å². The molecular formula is C14H11N5O. The highest BCUT2D eigenvalue weighted by atomic mass is 16.2. The van der Waals surface area contributed by atoms with E-state index in [4.69, 9.17) is 11.0 Å². The quantitative estimate of drug-likeness (QED) is 0.817. The van der Waals surface area contributed by atoms with E-state index >= 15 is 0 Å². The number of hydrogen-bond acceptors (Lipinski definition) is 5. The third kappa shape index (κ3) is 1.91. The number of fused-ring (bicyclic) bond motifs is 1. The lowest BCUT2D eigenvalue weighted by Gasteiger charge is -2.30. The summed E-state index contributed by atoms with van der Waals surface area (Å²) < 4.78 is 0. The van der Waals surface area contributed by atoms with Gasteiger partial charge < -0.3 is 16.0 Å². The van der Waals surface area contributed by atoms with Crippen LogP contribution in [0, 0.1) is 11.3 Å². The van der Waals surface area contributed by atoms with Crippen molar-refractivity contribution >= 4 is 28.8 Å². The van der Waals surface area contributed by atoms with E-state index in [0.717, 1.165) is 11.4 Å². The molecule has 0 spiro atoms. The second-order valence-corrected chi connectivity index (χ2v) is 4.37. The Labute approximate surface area is 115 Å². The monoisotopic (exact) mass is 265 g/mol. The van der Waals surface area contributed by atoms with Crippen LogP contribution in [-0.2, 0) is 4.79 Å². The maximum atomic E-state index is 11.8. The molecule has 20 heavy (non-hydrogen) atoms. The Morgan fingerprint density at radius 3 is 2.90 bits per heavy atom. The Morgan fingerprint density at radius 2 is 2.10 bits per heavy atom. The summed E-state index contributed by atoms with van der Waals surface area (Å²) >= 11 is 0. The highest BCUT2D eigenvalue weighted by molar-refractivity contribution is 6.02. The third-order valence-corrected chi connectivity index (χ3v) is 3.06. The smallest absolute Gasteiger partial charge is 0.244 e. The number of pyridine rings is 1. The predicted octanol–water partition coefficient (Wildman–Crippen LogP) is 1.63. The second-order valence-electron chi connectivity index (χ2n) is 4.37. The maximum Gasteiger partial charge on any atom is 0.244 e. The fraction of sp³-hybridized carbons (Fsp3) is 0.0714. The van der Waals surface area contributed by atoms with E-state index in [1.165, 1.54) is 0 Å². The minimum Gasteiger partial charge on any atom is -0.396 e. The number of anilines is 4. The lowest BCUT2D eigenvalue weighted by molar-refractivity contribution is -0.115. The molecule has 1 aromatic heterocycles. The predicted molar refractivity (Wildman–Crippen MR) is 75.4 cm³/mol. The van der Waals surface area contributed by atoms with Crippen LogP contribution in [0.1, 0.15) is 5.69 Å². The van der Waals surface area contributed by atoms with Crippen LogP contribution < -0.4 is 16.0 Å². The minimum absolute atomic E-state index is 0.124. The number of carbonyl (C=O) groups is 1. The van der Waals surface area contributed by atoms with Gasteiger partial charge in [0.1, 0.15) is 18.4 Å². The fourth-order valence-electron chi connectivity index (χ4n) is 2.14. The van der Waals surface area contributed by atoms with Crippen molar-refractivity contribution in [3.8, 4) is 6.07 Å². The number of nitrogen functional groups attached to an aromatic ring is 1. The van der Waals surface area contributed by atoms with Crippen LogP contribution in [-0.4, -0.2) is 17.4 Å². The van der Waals surface area contributed by atoms with E-state index in [1.54, 1.807) is 17.0 Å². The normalized spacial score (nSPS) is 13.3.